The van der Waals surface area contributed by atoms with Crippen molar-refractivity contribution in [3.05, 3.63) is 90.0 Å². The Bertz CT molecular complexity index is 1530. The van der Waals surface area contributed by atoms with E-state index in [-0.39, 0.29) is 12.0 Å². The van der Waals surface area contributed by atoms with Gasteiger partial charge in [-0.25, -0.2) is 14.8 Å². The van der Waals surface area contributed by atoms with E-state index < -0.39 is 17.9 Å². The SMILES string of the molecule is CC[C@H]1CC[C@H](c2ccc(-c3cnc(-c4ccc(C[C@H](NC(=O)c5cnn(C(C)(C)C)c5)C(=O)O)cc4)nc3)cc2)CC1. The van der Waals surface area contributed by atoms with Gasteiger partial charge in [0, 0.05) is 36.1 Å². The number of carbonyl (C=O) groups is 2. The third kappa shape index (κ3) is 7.37. The number of amides is 1. The summed E-state index contributed by atoms with van der Waals surface area (Å²) in [6.07, 6.45) is 13.4. The van der Waals surface area contributed by atoms with Crippen LogP contribution >= 0.6 is 0 Å². The number of rotatable bonds is 9. The Hall–Kier alpha value is -4.33. The van der Waals surface area contributed by atoms with Gasteiger partial charge in [0.25, 0.3) is 5.91 Å². The fourth-order valence-corrected chi connectivity index (χ4v) is 5.75. The van der Waals surface area contributed by atoms with Crippen molar-refractivity contribution >= 4 is 11.9 Å². The highest BCUT2D eigenvalue weighted by atomic mass is 16.4. The lowest BCUT2D eigenvalue weighted by atomic mass is 9.78. The van der Waals surface area contributed by atoms with Gasteiger partial charge in [-0.05, 0) is 75.0 Å². The van der Waals surface area contributed by atoms with Crippen LogP contribution in [0.4, 0.5) is 0 Å². The summed E-state index contributed by atoms with van der Waals surface area (Å²) in [5, 5.41) is 16.6. The molecule has 1 amide bonds. The van der Waals surface area contributed by atoms with E-state index in [0.717, 1.165) is 28.2 Å². The fourth-order valence-electron chi connectivity index (χ4n) is 5.75. The van der Waals surface area contributed by atoms with E-state index in [9.17, 15) is 14.7 Å². The molecule has 8 nitrogen and oxygen atoms in total. The zero-order valence-corrected chi connectivity index (χ0v) is 25.5. The van der Waals surface area contributed by atoms with Crippen LogP contribution in [0.5, 0.6) is 0 Å². The molecular formula is C35H41N5O3. The first kappa shape index (κ1) is 30.1. The Labute approximate surface area is 253 Å². The van der Waals surface area contributed by atoms with E-state index in [4.69, 9.17) is 0 Å². The summed E-state index contributed by atoms with van der Waals surface area (Å²) in [4.78, 5) is 33.9. The van der Waals surface area contributed by atoms with Gasteiger partial charge in [0.2, 0.25) is 0 Å². The summed E-state index contributed by atoms with van der Waals surface area (Å²) in [5.41, 5.74) is 5.14. The van der Waals surface area contributed by atoms with Crippen LogP contribution in [0.2, 0.25) is 0 Å². The Morgan fingerprint density at radius 3 is 2.09 bits per heavy atom. The quantitative estimate of drug-likeness (QED) is 0.224. The lowest BCUT2D eigenvalue weighted by Crippen LogP contribution is -2.42. The molecule has 4 aromatic rings. The Balaban J connectivity index is 1.19. The van der Waals surface area contributed by atoms with Gasteiger partial charge in [0.1, 0.15) is 6.04 Å². The minimum Gasteiger partial charge on any atom is -0.480 e. The molecule has 0 radical (unpaired) electrons. The van der Waals surface area contributed by atoms with Crippen molar-refractivity contribution in [1.82, 2.24) is 25.1 Å². The molecule has 1 atom stereocenters. The van der Waals surface area contributed by atoms with Crippen LogP contribution in [0.3, 0.4) is 0 Å². The first-order valence-electron chi connectivity index (χ1n) is 15.2. The summed E-state index contributed by atoms with van der Waals surface area (Å²) < 4.78 is 1.68. The average Bonchev–Trinajstić information content (AvgIpc) is 3.53. The molecule has 43 heavy (non-hydrogen) atoms. The highest BCUT2D eigenvalue weighted by molar-refractivity contribution is 5.96. The maximum absolute atomic E-state index is 12.7. The van der Waals surface area contributed by atoms with Gasteiger partial charge in [0.05, 0.1) is 17.3 Å². The lowest BCUT2D eigenvalue weighted by Gasteiger charge is -2.28. The molecule has 0 saturated heterocycles. The molecule has 2 aromatic carbocycles. The van der Waals surface area contributed by atoms with Crippen LogP contribution in [0.25, 0.3) is 22.5 Å². The van der Waals surface area contributed by atoms with Gasteiger partial charge in [-0.2, -0.15) is 5.10 Å². The van der Waals surface area contributed by atoms with E-state index in [2.05, 4.69) is 51.6 Å². The molecule has 1 aliphatic carbocycles. The molecular weight excluding hydrogens is 538 g/mol. The summed E-state index contributed by atoms with van der Waals surface area (Å²) in [6, 6.07) is 15.2. The molecule has 2 aromatic heterocycles. The van der Waals surface area contributed by atoms with Gasteiger partial charge < -0.3 is 10.4 Å². The van der Waals surface area contributed by atoms with E-state index >= 15 is 0 Å². The topological polar surface area (TPSA) is 110 Å². The first-order valence-corrected chi connectivity index (χ1v) is 15.2. The van der Waals surface area contributed by atoms with Crippen molar-refractivity contribution < 1.29 is 14.7 Å². The van der Waals surface area contributed by atoms with Crippen LogP contribution in [-0.2, 0) is 16.8 Å². The third-order valence-electron chi connectivity index (χ3n) is 8.58. The van der Waals surface area contributed by atoms with E-state index in [0.29, 0.717) is 17.3 Å². The van der Waals surface area contributed by atoms with E-state index in [1.165, 1.54) is 43.9 Å². The number of carbonyl (C=O) groups excluding carboxylic acids is 1. The monoisotopic (exact) mass is 579 g/mol. The van der Waals surface area contributed by atoms with Gasteiger partial charge in [-0.3, -0.25) is 9.48 Å². The number of carboxylic acids is 1. The molecule has 8 heteroatoms. The molecule has 0 aliphatic heterocycles. The maximum atomic E-state index is 12.7. The van der Waals surface area contributed by atoms with Gasteiger partial charge >= 0.3 is 5.97 Å². The average molecular weight is 580 g/mol. The highest BCUT2D eigenvalue weighted by Gasteiger charge is 2.24. The van der Waals surface area contributed by atoms with Gasteiger partial charge in [-0.15, -0.1) is 0 Å². The van der Waals surface area contributed by atoms with Crippen LogP contribution in [0.1, 0.15) is 87.2 Å². The molecule has 5 rings (SSSR count). The third-order valence-corrected chi connectivity index (χ3v) is 8.58. The molecule has 2 heterocycles. The van der Waals surface area contributed by atoms with Crippen molar-refractivity contribution in [2.24, 2.45) is 5.92 Å². The molecule has 1 fully saturated rings. The summed E-state index contributed by atoms with van der Waals surface area (Å²) in [5.74, 6) is 0.586. The number of nitrogens with zero attached hydrogens (tertiary/aromatic N) is 4. The second-order valence-corrected chi connectivity index (χ2v) is 12.7. The molecule has 0 unspecified atom stereocenters. The standard InChI is InChI=1S/C35H41N5O3/c1-5-23-6-10-25(11-7-23)26-14-16-27(17-15-26)29-19-36-32(37-20-29)28-12-8-24(9-13-28)18-31(34(42)43)39-33(41)30-21-38-40(22-30)35(2,3)4/h8-9,12-17,19-23,25,31H,5-7,10-11,18H2,1-4H3,(H,39,41)(H,42,43)/t23-,25-,31-/m0/s1. The number of hydrogen-bond acceptors (Lipinski definition) is 5. The number of carboxylic acid groups (broad SMARTS) is 1. The fraction of sp³-hybridized carbons (Fsp3) is 0.400. The van der Waals surface area contributed by atoms with Crippen LogP contribution in [0, 0.1) is 5.92 Å². The normalized spacial score (nSPS) is 17.8. The highest BCUT2D eigenvalue weighted by Crippen LogP contribution is 2.37. The number of aliphatic carboxylic acids is 1. The van der Waals surface area contributed by atoms with E-state index in [1.807, 2.05) is 57.4 Å². The smallest absolute Gasteiger partial charge is 0.326 e. The molecule has 1 saturated carbocycles. The minimum atomic E-state index is -1.10. The number of benzene rings is 2. The van der Waals surface area contributed by atoms with Crippen LogP contribution < -0.4 is 5.32 Å². The zero-order valence-electron chi connectivity index (χ0n) is 25.5. The second kappa shape index (κ2) is 12.9. The predicted octanol–water partition coefficient (Wildman–Crippen LogP) is 6.87. The van der Waals surface area contributed by atoms with Crippen molar-refractivity contribution in [3.8, 4) is 22.5 Å². The molecule has 0 spiro atoms. The molecule has 0 bridgehead atoms. The van der Waals surface area contributed by atoms with Gasteiger partial charge in [0.15, 0.2) is 5.82 Å². The van der Waals surface area contributed by atoms with E-state index in [1.54, 1.807) is 10.9 Å². The van der Waals surface area contributed by atoms with Crippen LogP contribution in [-0.4, -0.2) is 42.8 Å². The maximum Gasteiger partial charge on any atom is 0.326 e. The van der Waals surface area contributed by atoms with Crippen LogP contribution in [0.15, 0.2) is 73.3 Å². The largest absolute Gasteiger partial charge is 0.480 e. The number of nitrogens with one attached hydrogen (secondary N) is 1. The van der Waals surface area contributed by atoms with Crippen molar-refractivity contribution in [2.45, 2.75) is 83.7 Å². The minimum absolute atomic E-state index is 0.143. The number of aromatic nitrogens is 4. The predicted molar refractivity (Wildman–Crippen MR) is 168 cm³/mol. The van der Waals surface area contributed by atoms with Gasteiger partial charge in [-0.1, -0.05) is 61.9 Å². The first-order chi connectivity index (χ1) is 20.6. The lowest BCUT2D eigenvalue weighted by molar-refractivity contribution is -0.139. The van der Waals surface area contributed by atoms with Crippen molar-refractivity contribution in [1.29, 1.82) is 0 Å². The zero-order chi connectivity index (χ0) is 30.6. The van der Waals surface area contributed by atoms with Crippen molar-refractivity contribution in [2.75, 3.05) is 0 Å². The summed E-state index contributed by atoms with van der Waals surface area (Å²) in [7, 11) is 0. The second-order valence-electron chi connectivity index (χ2n) is 12.7. The molecule has 1 aliphatic rings. The Kier molecular flexibility index (Phi) is 9.04. The molecule has 224 valence electrons. The summed E-state index contributed by atoms with van der Waals surface area (Å²) in [6.45, 7) is 8.22. The number of hydrogen-bond donors (Lipinski definition) is 2. The Morgan fingerprint density at radius 2 is 1.53 bits per heavy atom. The Morgan fingerprint density at radius 1 is 0.907 bits per heavy atom. The van der Waals surface area contributed by atoms with Crippen molar-refractivity contribution in [3.63, 3.8) is 0 Å². The molecule has 2 N–H and O–H groups in total. The summed E-state index contributed by atoms with van der Waals surface area (Å²) >= 11 is 0.